The number of benzene rings is 2. The first-order valence-electron chi connectivity index (χ1n) is 8.59. The Morgan fingerprint density at radius 2 is 1.96 bits per heavy atom. The molecule has 1 heterocycles. The van der Waals surface area contributed by atoms with E-state index < -0.39 is 0 Å². The minimum Gasteiger partial charge on any atom is -0.506 e. The lowest BCUT2D eigenvalue weighted by molar-refractivity contribution is 0.0525. The fourth-order valence-electron chi connectivity index (χ4n) is 3.03. The number of nitrogens with two attached hydrogens (primary N) is 1. The number of anilines is 1. The predicted octanol–water partition coefficient (Wildman–Crippen LogP) is 3.93. The maximum absolute atomic E-state index is 12.4. The first-order chi connectivity index (χ1) is 13.0. The second-order valence-electron chi connectivity index (χ2n) is 6.06. The van der Waals surface area contributed by atoms with Gasteiger partial charge in [0.05, 0.1) is 30.7 Å². The third kappa shape index (κ3) is 3.46. The van der Waals surface area contributed by atoms with Crippen LogP contribution < -0.4 is 10.5 Å². The number of esters is 1. The molecule has 3 rings (SSSR count). The van der Waals surface area contributed by atoms with Gasteiger partial charge in [-0.25, -0.2) is 4.79 Å². The number of phenolic OH excluding ortho intramolecular Hbond substituents is 1. The third-order valence-electron chi connectivity index (χ3n) is 4.38. The van der Waals surface area contributed by atoms with Crippen molar-refractivity contribution in [2.45, 2.75) is 13.8 Å². The van der Waals surface area contributed by atoms with E-state index in [1.54, 1.807) is 32.2 Å². The highest BCUT2D eigenvalue weighted by Crippen LogP contribution is 2.34. The Kier molecular flexibility index (Phi) is 5.07. The number of aromatic nitrogens is 1. The fraction of sp³-hybridized carbons (Fsp3) is 0.190. The molecule has 0 aliphatic heterocycles. The number of hydrogen-bond donors (Lipinski definition) is 2. The van der Waals surface area contributed by atoms with Gasteiger partial charge < -0.3 is 24.9 Å². The maximum Gasteiger partial charge on any atom is 0.339 e. The molecule has 0 aliphatic carbocycles. The van der Waals surface area contributed by atoms with Crippen LogP contribution in [-0.2, 0) is 4.74 Å². The molecule has 0 atom stereocenters. The van der Waals surface area contributed by atoms with Crippen molar-refractivity contribution in [3.8, 4) is 28.4 Å². The lowest BCUT2D eigenvalue weighted by Gasteiger charge is -2.14. The van der Waals surface area contributed by atoms with Gasteiger partial charge in [-0.05, 0) is 50.2 Å². The van der Waals surface area contributed by atoms with Crippen LogP contribution in [0.4, 0.5) is 5.69 Å². The summed E-state index contributed by atoms with van der Waals surface area (Å²) in [5, 5.41) is 9.74. The van der Waals surface area contributed by atoms with Crippen molar-refractivity contribution in [3.63, 3.8) is 0 Å². The Bertz CT molecular complexity index is 992. The Hall–Kier alpha value is -3.41. The number of hydrogen-bond acceptors (Lipinski definition) is 5. The molecule has 6 heteroatoms. The molecule has 0 amide bonds. The van der Waals surface area contributed by atoms with Crippen molar-refractivity contribution in [1.82, 2.24) is 4.57 Å². The van der Waals surface area contributed by atoms with Crippen molar-refractivity contribution in [1.29, 1.82) is 0 Å². The number of carbonyl (C=O) groups excluding carboxylic acids is 1. The number of carbonyl (C=O) groups is 1. The Labute approximate surface area is 157 Å². The molecular weight excluding hydrogens is 344 g/mol. The third-order valence-corrected chi connectivity index (χ3v) is 4.38. The van der Waals surface area contributed by atoms with E-state index in [2.05, 4.69) is 0 Å². The highest BCUT2D eigenvalue weighted by Gasteiger charge is 2.21. The van der Waals surface area contributed by atoms with Crippen LogP contribution >= 0.6 is 0 Å². The van der Waals surface area contributed by atoms with Gasteiger partial charge in [0.25, 0.3) is 0 Å². The summed E-state index contributed by atoms with van der Waals surface area (Å²) in [6.45, 7) is 3.93. The first-order valence-corrected chi connectivity index (χ1v) is 8.59. The molecule has 27 heavy (non-hydrogen) atoms. The molecule has 3 aromatic rings. The van der Waals surface area contributed by atoms with Crippen LogP contribution in [0.15, 0.2) is 48.5 Å². The number of methoxy groups -OCH3 is 1. The molecular formula is C21H22N2O4. The first kappa shape index (κ1) is 18.4. The van der Waals surface area contributed by atoms with Crippen LogP contribution in [0.5, 0.6) is 11.5 Å². The van der Waals surface area contributed by atoms with Gasteiger partial charge in [0.1, 0.15) is 11.5 Å². The Morgan fingerprint density at radius 1 is 1.19 bits per heavy atom. The van der Waals surface area contributed by atoms with Crippen LogP contribution in [0.1, 0.15) is 23.0 Å². The van der Waals surface area contributed by atoms with Crippen molar-refractivity contribution in [3.05, 3.63) is 59.8 Å². The minimum absolute atomic E-state index is 0.0144. The quantitative estimate of drug-likeness (QED) is 0.406. The molecule has 2 aromatic carbocycles. The summed E-state index contributed by atoms with van der Waals surface area (Å²) in [5.74, 6) is 0.333. The largest absolute Gasteiger partial charge is 0.506 e. The van der Waals surface area contributed by atoms with Gasteiger partial charge in [-0.1, -0.05) is 6.07 Å². The standard InChI is InChI=1S/C21H22N2O4/c1-4-27-21(25)17-12-19(14-8-9-20(24)18(22)10-14)23(13(17)2)15-6-5-7-16(11-15)26-3/h5-12,24H,4,22H2,1-3H3. The van der Waals surface area contributed by atoms with E-state index in [9.17, 15) is 9.90 Å². The second kappa shape index (κ2) is 7.45. The number of rotatable bonds is 5. The molecule has 0 bridgehead atoms. The summed E-state index contributed by atoms with van der Waals surface area (Å²) in [7, 11) is 1.60. The summed E-state index contributed by atoms with van der Waals surface area (Å²) in [6.07, 6.45) is 0. The van der Waals surface area contributed by atoms with Gasteiger partial charge in [-0.2, -0.15) is 0 Å². The molecule has 0 saturated heterocycles. The van der Waals surface area contributed by atoms with E-state index in [0.717, 1.165) is 22.6 Å². The molecule has 0 unspecified atom stereocenters. The topological polar surface area (TPSA) is 86.7 Å². The predicted molar refractivity (Wildman–Crippen MR) is 105 cm³/mol. The van der Waals surface area contributed by atoms with Crippen molar-refractivity contribution in [2.24, 2.45) is 0 Å². The molecule has 140 valence electrons. The smallest absolute Gasteiger partial charge is 0.339 e. The lowest BCUT2D eigenvalue weighted by atomic mass is 10.1. The molecule has 1 aromatic heterocycles. The molecule has 0 saturated carbocycles. The van der Waals surface area contributed by atoms with Crippen LogP contribution in [-0.4, -0.2) is 29.4 Å². The maximum atomic E-state index is 12.4. The Morgan fingerprint density at radius 3 is 2.63 bits per heavy atom. The van der Waals surface area contributed by atoms with Gasteiger partial charge >= 0.3 is 5.97 Å². The number of aromatic hydroxyl groups is 1. The molecule has 0 fully saturated rings. The summed E-state index contributed by atoms with van der Waals surface area (Å²) in [6, 6.07) is 14.3. The van der Waals surface area contributed by atoms with E-state index in [0.29, 0.717) is 17.9 Å². The molecule has 0 spiro atoms. The van der Waals surface area contributed by atoms with Crippen LogP contribution in [0.2, 0.25) is 0 Å². The highest BCUT2D eigenvalue weighted by atomic mass is 16.5. The average molecular weight is 366 g/mol. The normalized spacial score (nSPS) is 10.6. The van der Waals surface area contributed by atoms with Gasteiger partial charge in [0.15, 0.2) is 0 Å². The van der Waals surface area contributed by atoms with Crippen molar-refractivity contribution >= 4 is 11.7 Å². The number of nitrogen functional groups attached to an aromatic ring is 1. The minimum atomic E-state index is -0.385. The molecule has 3 N–H and O–H groups in total. The number of phenols is 1. The number of ether oxygens (including phenoxy) is 2. The van der Waals surface area contributed by atoms with Crippen molar-refractivity contribution < 1.29 is 19.4 Å². The lowest BCUT2D eigenvalue weighted by Crippen LogP contribution is -2.07. The van der Waals surface area contributed by atoms with Crippen LogP contribution in [0.25, 0.3) is 16.9 Å². The van der Waals surface area contributed by atoms with Gasteiger partial charge in [0, 0.05) is 23.0 Å². The van der Waals surface area contributed by atoms with E-state index in [1.165, 1.54) is 6.07 Å². The second-order valence-corrected chi connectivity index (χ2v) is 6.06. The van der Waals surface area contributed by atoms with E-state index in [4.69, 9.17) is 15.2 Å². The summed E-state index contributed by atoms with van der Waals surface area (Å²) < 4.78 is 12.5. The summed E-state index contributed by atoms with van der Waals surface area (Å²) in [5.41, 5.74) is 9.72. The summed E-state index contributed by atoms with van der Waals surface area (Å²) >= 11 is 0. The zero-order valence-corrected chi connectivity index (χ0v) is 15.5. The summed E-state index contributed by atoms with van der Waals surface area (Å²) in [4.78, 5) is 12.4. The zero-order valence-electron chi connectivity index (χ0n) is 15.5. The van der Waals surface area contributed by atoms with Gasteiger partial charge in [0.2, 0.25) is 0 Å². The average Bonchev–Trinajstić information content (AvgIpc) is 3.01. The van der Waals surface area contributed by atoms with E-state index in [1.807, 2.05) is 35.8 Å². The monoisotopic (exact) mass is 366 g/mol. The van der Waals surface area contributed by atoms with E-state index >= 15 is 0 Å². The zero-order chi connectivity index (χ0) is 19.6. The van der Waals surface area contributed by atoms with Crippen molar-refractivity contribution in [2.75, 3.05) is 19.5 Å². The van der Waals surface area contributed by atoms with Crippen LogP contribution in [0.3, 0.4) is 0 Å². The SMILES string of the molecule is CCOC(=O)c1cc(-c2ccc(O)c(N)c2)n(-c2cccc(OC)c2)c1C. The van der Waals surface area contributed by atoms with E-state index in [-0.39, 0.29) is 17.4 Å². The fourth-order valence-corrected chi connectivity index (χ4v) is 3.03. The molecule has 0 aliphatic rings. The highest BCUT2D eigenvalue weighted by molar-refractivity contribution is 5.93. The molecule has 6 nitrogen and oxygen atoms in total. The van der Waals surface area contributed by atoms with Gasteiger partial charge in [-0.15, -0.1) is 0 Å². The Balaban J connectivity index is 2.25. The van der Waals surface area contributed by atoms with Crippen LogP contribution in [0, 0.1) is 6.92 Å². The molecule has 0 radical (unpaired) electrons. The van der Waals surface area contributed by atoms with Gasteiger partial charge in [-0.3, -0.25) is 0 Å². The number of nitrogens with zero attached hydrogens (tertiary/aromatic N) is 1.